The van der Waals surface area contributed by atoms with Gasteiger partial charge in [0.05, 0.1) is 6.54 Å². The van der Waals surface area contributed by atoms with Crippen LogP contribution in [-0.4, -0.2) is 39.2 Å². The standard InChI is InChI=1S/C18H19FN6O/c1-25-18(22-23-24-25)14-3-2-4-16(11-14)21-12-17(26)20-10-9-13-5-7-15(19)8-6-13/h2-8,11,21H,9-10,12H2,1H3,(H,20,26). The lowest BCUT2D eigenvalue weighted by molar-refractivity contribution is -0.119. The second-order valence-corrected chi connectivity index (χ2v) is 5.79. The van der Waals surface area contributed by atoms with Gasteiger partial charge in [0, 0.05) is 24.8 Å². The van der Waals surface area contributed by atoms with Crippen molar-refractivity contribution in [3.63, 3.8) is 0 Å². The van der Waals surface area contributed by atoms with E-state index in [0.29, 0.717) is 18.8 Å². The predicted octanol–water partition coefficient (Wildman–Crippen LogP) is 1.79. The molecule has 1 amide bonds. The fourth-order valence-corrected chi connectivity index (χ4v) is 2.48. The van der Waals surface area contributed by atoms with Crippen LogP contribution in [0.3, 0.4) is 0 Å². The average molecular weight is 354 g/mol. The lowest BCUT2D eigenvalue weighted by atomic mass is 10.1. The van der Waals surface area contributed by atoms with Crippen molar-refractivity contribution in [3.8, 4) is 11.4 Å². The highest BCUT2D eigenvalue weighted by Gasteiger charge is 2.07. The molecule has 0 fully saturated rings. The minimum absolute atomic E-state index is 0.113. The van der Waals surface area contributed by atoms with Crippen LogP contribution < -0.4 is 10.6 Å². The van der Waals surface area contributed by atoms with Crippen molar-refractivity contribution in [3.05, 3.63) is 59.9 Å². The summed E-state index contributed by atoms with van der Waals surface area (Å²) in [4.78, 5) is 12.0. The molecule has 0 unspecified atom stereocenters. The Hall–Kier alpha value is -3.29. The number of rotatable bonds is 7. The van der Waals surface area contributed by atoms with Gasteiger partial charge in [0.1, 0.15) is 5.82 Å². The van der Waals surface area contributed by atoms with Gasteiger partial charge in [-0.2, -0.15) is 0 Å². The van der Waals surface area contributed by atoms with Crippen LogP contribution >= 0.6 is 0 Å². The van der Waals surface area contributed by atoms with Crippen molar-refractivity contribution in [1.82, 2.24) is 25.5 Å². The Morgan fingerprint density at radius 3 is 2.73 bits per heavy atom. The van der Waals surface area contributed by atoms with E-state index in [9.17, 15) is 9.18 Å². The number of halogens is 1. The molecule has 0 spiro atoms. The molecule has 0 aliphatic heterocycles. The van der Waals surface area contributed by atoms with E-state index in [1.54, 1.807) is 23.9 Å². The number of tetrazole rings is 1. The van der Waals surface area contributed by atoms with Gasteiger partial charge in [-0.15, -0.1) is 5.10 Å². The van der Waals surface area contributed by atoms with Gasteiger partial charge in [0.25, 0.3) is 0 Å². The Balaban J connectivity index is 1.47. The monoisotopic (exact) mass is 354 g/mol. The van der Waals surface area contributed by atoms with Crippen LogP contribution in [0, 0.1) is 5.82 Å². The third kappa shape index (κ3) is 4.62. The van der Waals surface area contributed by atoms with Crippen molar-refractivity contribution in [2.24, 2.45) is 7.05 Å². The van der Waals surface area contributed by atoms with E-state index >= 15 is 0 Å². The summed E-state index contributed by atoms with van der Waals surface area (Å²) in [5, 5.41) is 17.3. The maximum Gasteiger partial charge on any atom is 0.239 e. The van der Waals surface area contributed by atoms with Gasteiger partial charge in [-0.3, -0.25) is 4.79 Å². The Kier molecular flexibility index (Phi) is 5.52. The number of amides is 1. The van der Waals surface area contributed by atoms with Crippen LogP contribution in [0.1, 0.15) is 5.56 Å². The largest absolute Gasteiger partial charge is 0.376 e. The number of benzene rings is 2. The van der Waals surface area contributed by atoms with E-state index in [2.05, 4.69) is 26.2 Å². The summed E-state index contributed by atoms with van der Waals surface area (Å²) in [6.45, 7) is 0.654. The molecular weight excluding hydrogens is 335 g/mol. The Bertz CT molecular complexity index is 877. The number of hydrogen-bond donors (Lipinski definition) is 2. The summed E-state index contributed by atoms with van der Waals surface area (Å²) in [5.74, 6) is 0.275. The maximum absolute atomic E-state index is 12.8. The van der Waals surface area contributed by atoms with Gasteiger partial charge < -0.3 is 10.6 Å². The fraction of sp³-hybridized carbons (Fsp3) is 0.222. The second kappa shape index (κ2) is 8.19. The van der Waals surface area contributed by atoms with Crippen LogP contribution in [-0.2, 0) is 18.3 Å². The van der Waals surface area contributed by atoms with Crippen molar-refractivity contribution in [2.45, 2.75) is 6.42 Å². The van der Waals surface area contributed by atoms with E-state index < -0.39 is 0 Å². The molecule has 0 bridgehead atoms. The van der Waals surface area contributed by atoms with Gasteiger partial charge in [0.15, 0.2) is 5.82 Å². The second-order valence-electron chi connectivity index (χ2n) is 5.79. The molecule has 0 radical (unpaired) electrons. The highest BCUT2D eigenvalue weighted by Crippen LogP contribution is 2.19. The molecule has 8 heteroatoms. The number of nitrogens with zero attached hydrogens (tertiary/aromatic N) is 4. The number of nitrogens with one attached hydrogen (secondary N) is 2. The molecule has 2 aromatic carbocycles. The summed E-state index contributed by atoms with van der Waals surface area (Å²) >= 11 is 0. The molecule has 0 aliphatic carbocycles. The molecule has 3 rings (SSSR count). The van der Waals surface area contributed by atoms with Crippen LogP contribution in [0.4, 0.5) is 10.1 Å². The third-order valence-corrected chi connectivity index (χ3v) is 3.84. The molecule has 7 nitrogen and oxygen atoms in total. The molecule has 0 saturated carbocycles. The van der Waals surface area contributed by atoms with E-state index in [1.165, 1.54) is 12.1 Å². The molecule has 1 heterocycles. The maximum atomic E-state index is 12.8. The van der Waals surface area contributed by atoms with E-state index in [1.807, 2.05) is 24.3 Å². The number of anilines is 1. The van der Waals surface area contributed by atoms with Gasteiger partial charge in [-0.05, 0) is 46.7 Å². The first-order valence-corrected chi connectivity index (χ1v) is 8.19. The SMILES string of the molecule is Cn1nnnc1-c1cccc(NCC(=O)NCCc2ccc(F)cc2)c1. The van der Waals surface area contributed by atoms with Gasteiger partial charge in [-0.1, -0.05) is 24.3 Å². The number of hydrogen-bond acceptors (Lipinski definition) is 5. The van der Waals surface area contributed by atoms with Crippen LogP contribution in [0.2, 0.25) is 0 Å². The Morgan fingerprint density at radius 2 is 2.00 bits per heavy atom. The molecule has 3 aromatic rings. The number of carbonyl (C=O) groups is 1. The topological polar surface area (TPSA) is 84.7 Å². The Labute approximate surface area is 150 Å². The molecular formula is C18H19FN6O. The molecule has 26 heavy (non-hydrogen) atoms. The zero-order valence-electron chi connectivity index (χ0n) is 14.3. The van der Waals surface area contributed by atoms with Crippen LogP contribution in [0.15, 0.2) is 48.5 Å². The molecule has 1 aromatic heterocycles. The number of aryl methyl sites for hydroxylation is 1. The van der Waals surface area contributed by atoms with Crippen molar-refractivity contribution >= 4 is 11.6 Å². The van der Waals surface area contributed by atoms with E-state index in [-0.39, 0.29) is 18.3 Å². The summed E-state index contributed by atoms with van der Waals surface area (Å²) in [7, 11) is 1.77. The molecule has 2 N–H and O–H groups in total. The minimum atomic E-state index is -0.263. The highest BCUT2D eigenvalue weighted by atomic mass is 19.1. The summed E-state index contributed by atoms with van der Waals surface area (Å²) < 4.78 is 14.4. The average Bonchev–Trinajstić information content (AvgIpc) is 3.08. The zero-order chi connectivity index (χ0) is 18.4. The molecule has 0 saturated heterocycles. The van der Waals surface area contributed by atoms with Gasteiger partial charge in [-0.25, -0.2) is 9.07 Å². The van der Waals surface area contributed by atoms with Gasteiger partial charge >= 0.3 is 0 Å². The normalized spacial score (nSPS) is 10.5. The first-order chi connectivity index (χ1) is 12.6. The van der Waals surface area contributed by atoms with Crippen molar-refractivity contribution in [2.75, 3.05) is 18.4 Å². The Morgan fingerprint density at radius 1 is 1.19 bits per heavy atom. The van der Waals surface area contributed by atoms with E-state index in [4.69, 9.17) is 0 Å². The lowest BCUT2D eigenvalue weighted by Gasteiger charge is -2.09. The first kappa shape index (κ1) is 17.5. The van der Waals surface area contributed by atoms with Crippen molar-refractivity contribution in [1.29, 1.82) is 0 Å². The van der Waals surface area contributed by atoms with Crippen LogP contribution in [0.25, 0.3) is 11.4 Å². The molecule has 0 atom stereocenters. The first-order valence-electron chi connectivity index (χ1n) is 8.19. The lowest BCUT2D eigenvalue weighted by Crippen LogP contribution is -2.31. The highest BCUT2D eigenvalue weighted by molar-refractivity contribution is 5.81. The molecule has 0 aliphatic rings. The quantitative estimate of drug-likeness (QED) is 0.676. The predicted molar refractivity (Wildman–Crippen MR) is 95.8 cm³/mol. The van der Waals surface area contributed by atoms with Crippen molar-refractivity contribution < 1.29 is 9.18 Å². The smallest absolute Gasteiger partial charge is 0.239 e. The summed E-state index contributed by atoms with van der Waals surface area (Å²) in [6, 6.07) is 13.8. The number of carbonyl (C=O) groups excluding carboxylic acids is 1. The summed E-state index contributed by atoms with van der Waals surface area (Å²) in [6.07, 6.45) is 0.653. The van der Waals surface area contributed by atoms with Crippen LogP contribution in [0.5, 0.6) is 0 Å². The number of aromatic nitrogens is 4. The zero-order valence-corrected chi connectivity index (χ0v) is 14.3. The summed E-state index contributed by atoms with van der Waals surface area (Å²) in [5.41, 5.74) is 2.64. The third-order valence-electron chi connectivity index (χ3n) is 3.84. The van der Waals surface area contributed by atoms with E-state index in [0.717, 1.165) is 16.8 Å². The fourth-order valence-electron chi connectivity index (χ4n) is 2.48. The minimum Gasteiger partial charge on any atom is -0.376 e. The molecule has 134 valence electrons. The van der Waals surface area contributed by atoms with Gasteiger partial charge in [0.2, 0.25) is 5.91 Å².